The maximum Gasteiger partial charge on any atom is 0.258 e. The predicted molar refractivity (Wildman–Crippen MR) is 81.9 cm³/mol. The Balaban J connectivity index is 2.92. The molecule has 1 amide bonds. The lowest BCUT2D eigenvalue weighted by Crippen LogP contribution is -2.36. The molecule has 1 rings (SSSR count). The van der Waals surface area contributed by atoms with E-state index in [-0.39, 0.29) is 5.54 Å². The molecule has 1 atom stereocenters. The highest BCUT2D eigenvalue weighted by Crippen LogP contribution is 2.25. The fraction of sp³-hybridized carbons (Fsp3) is 0.533. The molecule has 0 bridgehead atoms. The number of benzene rings is 1. The largest absolute Gasteiger partial charge is 0.480 e. The molecule has 0 fully saturated rings. The zero-order valence-electron chi connectivity index (χ0n) is 12.5. The van der Waals surface area contributed by atoms with Gasteiger partial charge in [-0.05, 0) is 45.4 Å². The number of amides is 1. The van der Waals surface area contributed by atoms with Crippen LogP contribution in [0.5, 0.6) is 5.75 Å². The monoisotopic (exact) mass is 298 g/mol. The number of carbonyl (C=O) groups is 1. The Morgan fingerprint density at radius 2 is 2.10 bits per heavy atom. The van der Waals surface area contributed by atoms with Crippen molar-refractivity contribution in [3.8, 4) is 5.75 Å². The van der Waals surface area contributed by atoms with Crippen molar-refractivity contribution in [3.05, 3.63) is 28.8 Å². The zero-order valence-corrected chi connectivity index (χ0v) is 13.3. The molecule has 112 valence electrons. The van der Waals surface area contributed by atoms with Crippen molar-refractivity contribution in [3.63, 3.8) is 0 Å². The highest BCUT2D eigenvalue weighted by atomic mass is 35.5. The summed E-state index contributed by atoms with van der Waals surface area (Å²) in [5.74, 6) is 0.175. The van der Waals surface area contributed by atoms with Crippen molar-refractivity contribution in [1.82, 2.24) is 5.32 Å². The molecule has 4 nitrogen and oxygen atoms in total. The Labute approximate surface area is 125 Å². The van der Waals surface area contributed by atoms with Gasteiger partial charge in [0.25, 0.3) is 5.91 Å². The van der Waals surface area contributed by atoms with Crippen LogP contribution in [0.25, 0.3) is 0 Å². The van der Waals surface area contributed by atoms with Gasteiger partial charge in [-0.15, -0.1) is 0 Å². The van der Waals surface area contributed by atoms with Gasteiger partial charge in [0, 0.05) is 22.7 Å². The van der Waals surface area contributed by atoms with Gasteiger partial charge in [0.05, 0.1) is 0 Å². The Hall–Kier alpha value is -1.26. The molecule has 0 aliphatic heterocycles. The summed E-state index contributed by atoms with van der Waals surface area (Å²) in [7, 11) is 0. The van der Waals surface area contributed by atoms with E-state index in [1.165, 1.54) is 0 Å². The number of rotatable bonds is 6. The standard InChI is InChI=1S/C15H23ClN2O2/c1-5-12(14(17)19)20-13-7-6-11(16)8-10(13)9-18-15(2,3)4/h6-8,12,18H,5,9H2,1-4H3,(H2,17,19). The number of nitrogens with two attached hydrogens (primary N) is 1. The number of primary amides is 1. The number of hydrogen-bond acceptors (Lipinski definition) is 3. The summed E-state index contributed by atoms with van der Waals surface area (Å²) < 4.78 is 5.70. The Morgan fingerprint density at radius 1 is 1.45 bits per heavy atom. The van der Waals surface area contributed by atoms with Crippen LogP contribution in [-0.2, 0) is 11.3 Å². The van der Waals surface area contributed by atoms with E-state index in [2.05, 4.69) is 26.1 Å². The van der Waals surface area contributed by atoms with Crippen LogP contribution in [0.4, 0.5) is 0 Å². The molecule has 0 aliphatic rings. The minimum absolute atomic E-state index is 0.0204. The van der Waals surface area contributed by atoms with E-state index < -0.39 is 12.0 Å². The molecule has 1 unspecified atom stereocenters. The van der Waals surface area contributed by atoms with Crippen molar-refractivity contribution in [2.75, 3.05) is 0 Å². The van der Waals surface area contributed by atoms with Crippen LogP contribution < -0.4 is 15.8 Å². The average molecular weight is 299 g/mol. The van der Waals surface area contributed by atoms with E-state index in [0.717, 1.165) is 5.56 Å². The van der Waals surface area contributed by atoms with Crippen LogP contribution >= 0.6 is 11.6 Å². The topological polar surface area (TPSA) is 64.3 Å². The first-order valence-corrected chi connectivity index (χ1v) is 7.10. The van der Waals surface area contributed by atoms with Crippen LogP contribution in [0, 0.1) is 0 Å². The minimum Gasteiger partial charge on any atom is -0.480 e. The summed E-state index contributed by atoms with van der Waals surface area (Å²) in [4.78, 5) is 11.3. The van der Waals surface area contributed by atoms with Gasteiger partial charge in [0.2, 0.25) is 0 Å². The average Bonchev–Trinajstić information content (AvgIpc) is 2.33. The summed E-state index contributed by atoms with van der Waals surface area (Å²) in [5, 5.41) is 4.01. The highest BCUT2D eigenvalue weighted by Gasteiger charge is 2.17. The van der Waals surface area contributed by atoms with Gasteiger partial charge in [-0.2, -0.15) is 0 Å². The maximum atomic E-state index is 11.3. The second-order valence-electron chi connectivity index (χ2n) is 5.77. The molecule has 3 N–H and O–H groups in total. The molecule has 0 aliphatic carbocycles. The molecule has 5 heteroatoms. The van der Waals surface area contributed by atoms with Crippen molar-refractivity contribution in [1.29, 1.82) is 0 Å². The molecule has 1 aromatic rings. The van der Waals surface area contributed by atoms with Crippen LogP contribution in [0.15, 0.2) is 18.2 Å². The van der Waals surface area contributed by atoms with Gasteiger partial charge in [-0.1, -0.05) is 18.5 Å². The number of nitrogens with one attached hydrogen (secondary N) is 1. The van der Waals surface area contributed by atoms with Gasteiger partial charge in [-0.25, -0.2) is 0 Å². The molecule has 0 radical (unpaired) electrons. The van der Waals surface area contributed by atoms with E-state index >= 15 is 0 Å². The normalized spacial score (nSPS) is 13.1. The molecule has 20 heavy (non-hydrogen) atoms. The van der Waals surface area contributed by atoms with Crippen molar-refractivity contribution in [2.45, 2.75) is 52.3 Å². The summed E-state index contributed by atoms with van der Waals surface area (Å²) >= 11 is 6.02. The van der Waals surface area contributed by atoms with E-state index in [4.69, 9.17) is 22.1 Å². The van der Waals surface area contributed by atoms with Crippen LogP contribution in [0.2, 0.25) is 5.02 Å². The quantitative estimate of drug-likeness (QED) is 0.849. The summed E-state index contributed by atoms with van der Waals surface area (Å²) in [6, 6.07) is 5.35. The molecular formula is C15H23ClN2O2. The Morgan fingerprint density at radius 3 is 2.60 bits per heavy atom. The van der Waals surface area contributed by atoms with Gasteiger partial charge in [0.15, 0.2) is 6.10 Å². The van der Waals surface area contributed by atoms with Crippen molar-refractivity contribution >= 4 is 17.5 Å². The van der Waals surface area contributed by atoms with Crippen LogP contribution in [0.1, 0.15) is 39.7 Å². The van der Waals surface area contributed by atoms with Gasteiger partial charge >= 0.3 is 0 Å². The number of carbonyl (C=O) groups excluding carboxylic acids is 1. The molecule has 0 aromatic heterocycles. The van der Waals surface area contributed by atoms with Crippen molar-refractivity contribution < 1.29 is 9.53 Å². The lowest BCUT2D eigenvalue weighted by Gasteiger charge is -2.23. The first-order valence-electron chi connectivity index (χ1n) is 6.72. The van der Waals surface area contributed by atoms with Gasteiger partial charge in [-0.3, -0.25) is 4.79 Å². The molecule has 0 heterocycles. The van der Waals surface area contributed by atoms with E-state index in [0.29, 0.717) is 23.7 Å². The minimum atomic E-state index is -0.621. The molecule has 0 saturated heterocycles. The second kappa shape index (κ2) is 6.95. The third-order valence-corrected chi connectivity index (χ3v) is 3.02. The number of ether oxygens (including phenoxy) is 1. The van der Waals surface area contributed by atoms with E-state index in [1.54, 1.807) is 12.1 Å². The van der Waals surface area contributed by atoms with E-state index in [9.17, 15) is 4.79 Å². The lowest BCUT2D eigenvalue weighted by molar-refractivity contribution is -0.124. The fourth-order valence-corrected chi connectivity index (χ4v) is 1.85. The predicted octanol–water partition coefficient (Wildman–Crippen LogP) is 2.87. The fourth-order valence-electron chi connectivity index (χ4n) is 1.66. The molecule has 0 spiro atoms. The first-order chi connectivity index (χ1) is 9.23. The Bertz CT molecular complexity index is 469. The highest BCUT2D eigenvalue weighted by molar-refractivity contribution is 6.30. The van der Waals surface area contributed by atoms with Gasteiger partial charge < -0.3 is 15.8 Å². The lowest BCUT2D eigenvalue weighted by atomic mass is 10.1. The third kappa shape index (κ3) is 5.39. The van der Waals surface area contributed by atoms with Crippen molar-refractivity contribution in [2.24, 2.45) is 5.73 Å². The molecular weight excluding hydrogens is 276 g/mol. The summed E-state index contributed by atoms with van der Waals surface area (Å²) in [6.45, 7) is 8.70. The molecule has 0 saturated carbocycles. The maximum absolute atomic E-state index is 11.3. The third-order valence-electron chi connectivity index (χ3n) is 2.79. The number of halogens is 1. The van der Waals surface area contributed by atoms with E-state index in [1.807, 2.05) is 13.0 Å². The number of hydrogen-bond donors (Lipinski definition) is 2. The summed E-state index contributed by atoms with van der Waals surface area (Å²) in [6.07, 6.45) is -0.0889. The second-order valence-corrected chi connectivity index (χ2v) is 6.21. The Kier molecular flexibility index (Phi) is 5.84. The zero-order chi connectivity index (χ0) is 15.3. The summed E-state index contributed by atoms with van der Waals surface area (Å²) in [5.41, 5.74) is 6.20. The molecule has 1 aromatic carbocycles. The SMILES string of the molecule is CCC(Oc1ccc(Cl)cc1CNC(C)(C)C)C(N)=O. The smallest absolute Gasteiger partial charge is 0.258 e. The van der Waals surface area contributed by atoms with Crippen LogP contribution in [-0.4, -0.2) is 17.6 Å². The van der Waals surface area contributed by atoms with Crippen LogP contribution in [0.3, 0.4) is 0 Å². The van der Waals surface area contributed by atoms with Gasteiger partial charge in [0.1, 0.15) is 5.75 Å². The first kappa shape index (κ1) is 16.8.